The predicted octanol–water partition coefficient (Wildman–Crippen LogP) is -0.160. The Morgan fingerprint density at radius 2 is 2.00 bits per heavy atom. The van der Waals surface area contributed by atoms with Crippen molar-refractivity contribution in [3.63, 3.8) is 0 Å². The number of rotatable bonds is 5. The van der Waals surface area contributed by atoms with Crippen molar-refractivity contribution >= 4 is 11.9 Å². The van der Waals surface area contributed by atoms with Gasteiger partial charge in [0.1, 0.15) is 0 Å². The summed E-state index contributed by atoms with van der Waals surface area (Å²) in [6.45, 7) is 3.64. The Bertz CT molecular complexity index is 266. The van der Waals surface area contributed by atoms with Gasteiger partial charge in [-0.3, -0.25) is 9.59 Å². The summed E-state index contributed by atoms with van der Waals surface area (Å²) in [5.41, 5.74) is 0. The number of carbonyl (C=O) groups is 2. The Morgan fingerprint density at radius 3 is 2.40 bits per heavy atom. The molecule has 0 aromatic carbocycles. The Balaban J connectivity index is 2.35. The molecule has 0 radical (unpaired) electrons. The average molecular weight is 215 g/mol. The third kappa shape index (κ3) is 2.92. The second-order valence-corrected chi connectivity index (χ2v) is 4.24. The quantitative estimate of drug-likeness (QED) is 0.594. The van der Waals surface area contributed by atoms with Crippen LogP contribution in [-0.2, 0) is 9.59 Å². The van der Waals surface area contributed by atoms with Crippen LogP contribution in [0, 0.1) is 17.8 Å². The first-order valence-corrected chi connectivity index (χ1v) is 5.11. The number of aliphatic hydroxyl groups is 1. The topological polar surface area (TPSA) is 86.6 Å². The Labute approximate surface area is 88.5 Å². The first kappa shape index (κ1) is 12.0. The van der Waals surface area contributed by atoms with E-state index in [0.29, 0.717) is 6.42 Å². The van der Waals surface area contributed by atoms with E-state index >= 15 is 0 Å². The second kappa shape index (κ2) is 4.61. The lowest BCUT2D eigenvalue weighted by molar-refractivity contribution is -0.140. The highest BCUT2D eigenvalue weighted by Gasteiger charge is 2.48. The number of carboxylic acids is 1. The SMILES string of the molecule is CC(CO)C(C)NC(=O)[C@@H]1C[C@@H]1C(=O)O. The van der Waals surface area contributed by atoms with Gasteiger partial charge in [-0.05, 0) is 19.3 Å². The number of carboxylic acid groups (broad SMARTS) is 1. The highest BCUT2D eigenvalue weighted by molar-refractivity contribution is 5.89. The lowest BCUT2D eigenvalue weighted by Crippen LogP contribution is -2.39. The lowest BCUT2D eigenvalue weighted by atomic mass is 10.0. The highest BCUT2D eigenvalue weighted by Crippen LogP contribution is 2.38. The maximum Gasteiger partial charge on any atom is 0.307 e. The van der Waals surface area contributed by atoms with E-state index in [1.165, 1.54) is 0 Å². The number of amides is 1. The van der Waals surface area contributed by atoms with Crippen molar-refractivity contribution in [1.29, 1.82) is 0 Å². The minimum Gasteiger partial charge on any atom is -0.481 e. The summed E-state index contributed by atoms with van der Waals surface area (Å²) in [7, 11) is 0. The largest absolute Gasteiger partial charge is 0.481 e. The maximum absolute atomic E-state index is 11.5. The van der Waals surface area contributed by atoms with E-state index in [1.807, 2.05) is 6.92 Å². The third-order valence-corrected chi connectivity index (χ3v) is 2.96. The van der Waals surface area contributed by atoms with Crippen LogP contribution in [0.15, 0.2) is 0 Å². The fourth-order valence-electron chi connectivity index (χ4n) is 1.39. The van der Waals surface area contributed by atoms with Crippen LogP contribution in [0.4, 0.5) is 0 Å². The molecule has 86 valence electrons. The summed E-state index contributed by atoms with van der Waals surface area (Å²) in [6, 6.07) is -0.127. The fourth-order valence-corrected chi connectivity index (χ4v) is 1.39. The van der Waals surface area contributed by atoms with Gasteiger partial charge in [0.2, 0.25) is 5.91 Å². The minimum atomic E-state index is -0.905. The molecule has 0 aromatic rings. The molecule has 0 saturated heterocycles. The molecule has 15 heavy (non-hydrogen) atoms. The van der Waals surface area contributed by atoms with Gasteiger partial charge in [-0.25, -0.2) is 0 Å². The molecule has 1 aliphatic carbocycles. The van der Waals surface area contributed by atoms with E-state index < -0.39 is 11.9 Å². The molecule has 0 aromatic heterocycles. The molecular weight excluding hydrogens is 198 g/mol. The van der Waals surface area contributed by atoms with E-state index in [1.54, 1.807) is 6.92 Å². The number of aliphatic carboxylic acids is 1. The smallest absolute Gasteiger partial charge is 0.307 e. The Morgan fingerprint density at radius 1 is 1.40 bits per heavy atom. The van der Waals surface area contributed by atoms with Crippen LogP contribution in [0.5, 0.6) is 0 Å². The first-order valence-electron chi connectivity index (χ1n) is 5.11. The summed E-state index contributed by atoms with van der Waals surface area (Å²) in [6.07, 6.45) is 0.432. The standard InChI is InChI=1S/C10H17NO4/c1-5(4-12)6(2)11-9(13)7-3-8(7)10(14)15/h5-8,12H,3-4H2,1-2H3,(H,11,13)(H,14,15)/t5?,6?,7-,8+/m1/s1. The van der Waals surface area contributed by atoms with Gasteiger partial charge in [0.25, 0.3) is 0 Å². The molecule has 4 atom stereocenters. The van der Waals surface area contributed by atoms with Gasteiger partial charge in [0, 0.05) is 12.6 Å². The minimum absolute atomic E-state index is 0.00841. The molecule has 5 nitrogen and oxygen atoms in total. The molecule has 1 saturated carbocycles. The zero-order valence-corrected chi connectivity index (χ0v) is 8.93. The molecule has 0 heterocycles. The van der Waals surface area contributed by atoms with Gasteiger partial charge >= 0.3 is 5.97 Å². The van der Waals surface area contributed by atoms with E-state index in [-0.39, 0.29) is 30.4 Å². The van der Waals surface area contributed by atoms with Crippen molar-refractivity contribution in [2.24, 2.45) is 17.8 Å². The molecule has 0 spiro atoms. The van der Waals surface area contributed by atoms with E-state index in [4.69, 9.17) is 10.2 Å². The van der Waals surface area contributed by atoms with E-state index in [9.17, 15) is 9.59 Å². The Hall–Kier alpha value is -1.10. The number of nitrogens with one attached hydrogen (secondary N) is 1. The van der Waals surface area contributed by atoms with Gasteiger partial charge in [0.05, 0.1) is 11.8 Å². The van der Waals surface area contributed by atoms with Gasteiger partial charge < -0.3 is 15.5 Å². The fraction of sp³-hybridized carbons (Fsp3) is 0.800. The molecule has 3 N–H and O–H groups in total. The summed E-state index contributed by atoms with van der Waals surface area (Å²) in [5, 5.41) is 20.2. The maximum atomic E-state index is 11.5. The zero-order valence-electron chi connectivity index (χ0n) is 8.93. The predicted molar refractivity (Wildman–Crippen MR) is 53.1 cm³/mol. The zero-order chi connectivity index (χ0) is 11.6. The summed E-state index contributed by atoms with van der Waals surface area (Å²) in [5.74, 6) is -2.03. The molecule has 2 unspecified atom stereocenters. The van der Waals surface area contributed by atoms with Gasteiger partial charge in [-0.1, -0.05) is 6.92 Å². The van der Waals surface area contributed by atoms with Crippen molar-refractivity contribution in [1.82, 2.24) is 5.32 Å². The van der Waals surface area contributed by atoms with Crippen molar-refractivity contribution in [2.45, 2.75) is 26.3 Å². The van der Waals surface area contributed by atoms with Crippen LogP contribution >= 0.6 is 0 Å². The molecule has 1 amide bonds. The summed E-state index contributed by atoms with van der Waals surface area (Å²) < 4.78 is 0. The van der Waals surface area contributed by atoms with Crippen LogP contribution in [0.2, 0.25) is 0 Å². The highest BCUT2D eigenvalue weighted by atomic mass is 16.4. The van der Waals surface area contributed by atoms with Gasteiger partial charge in [-0.15, -0.1) is 0 Å². The molecule has 1 rings (SSSR count). The lowest BCUT2D eigenvalue weighted by Gasteiger charge is -2.19. The molecule has 0 bridgehead atoms. The number of hydrogen-bond acceptors (Lipinski definition) is 3. The average Bonchev–Trinajstić information content (AvgIpc) is 2.95. The molecule has 5 heteroatoms. The van der Waals surface area contributed by atoms with Crippen molar-refractivity contribution < 1.29 is 19.8 Å². The number of carbonyl (C=O) groups excluding carboxylic acids is 1. The summed E-state index contributed by atoms with van der Waals surface area (Å²) in [4.78, 5) is 22.0. The van der Waals surface area contributed by atoms with E-state index in [0.717, 1.165) is 0 Å². The molecule has 1 aliphatic rings. The normalized spacial score (nSPS) is 27.9. The van der Waals surface area contributed by atoms with E-state index in [2.05, 4.69) is 5.32 Å². The van der Waals surface area contributed by atoms with Crippen molar-refractivity contribution in [3.05, 3.63) is 0 Å². The van der Waals surface area contributed by atoms with Crippen LogP contribution < -0.4 is 5.32 Å². The molecule has 1 fully saturated rings. The number of aliphatic hydroxyl groups excluding tert-OH is 1. The van der Waals surface area contributed by atoms with Crippen molar-refractivity contribution in [3.8, 4) is 0 Å². The van der Waals surface area contributed by atoms with Crippen LogP contribution in [0.3, 0.4) is 0 Å². The molecule has 0 aliphatic heterocycles. The molecular formula is C10H17NO4. The van der Waals surface area contributed by atoms with Crippen LogP contribution in [0.25, 0.3) is 0 Å². The second-order valence-electron chi connectivity index (χ2n) is 4.24. The van der Waals surface area contributed by atoms with Crippen LogP contribution in [-0.4, -0.2) is 34.7 Å². The number of hydrogen-bond donors (Lipinski definition) is 3. The third-order valence-electron chi connectivity index (χ3n) is 2.96. The summed E-state index contributed by atoms with van der Waals surface area (Å²) >= 11 is 0. The Kier molecular flexibility index (Phi) is 3.68. The van der Waals surface area contributed by atoms with Gasteiger partial charge in [0.15, 0.2) is 0 Å². The van der Waals surface area contributed by atoms with Gasteiger partial charge in [-0.2, -0.15) is 0 Å². The first-order chi connectivity index (χ1) is 6.97. The van der Waals surface area contributed by atoms with Crippen LogP contribution in [0.1, 0.15) is 20.3 Å². The monoisotopic (exact) mass is 215 g/mol. The van der Waals surface area contributed by atoms with Crippen molar-refractivity contribution in [2.75, 3.05) is 6.61 Å².